The van der Waals surface area contributed by atoms with Crippen LogP contribution in [0, 0.1) is 0 Å². The van der Waals surface area contributed by atoms with Gasteiger partial charge in [0.05, 0.1) is 26.0 Å². The fraction of sp³-hybridized carbons (Fsp3) is 0.400. The lowest BCUT2D eigenvalue weighted by atomic mass is 10.1. The van der Waals surface area contributed by atoms with Gasteiger partial charge in [0, 0.05) is 30.1 Å². The molecule has 0 unspecified atom stereocenters. The molecule has 0 atom stereocenters. The maximum absolute atomic E-state index is 11.8. The number of thiazole rings is 1. The molecule has 6 heteroatoms. The topological polar surface area (TPSA) is 54.6 Å². The molecule has 21 heavy (non-hydrogen) atoms. The van der Waals surface area contributed by atoms with Crippen molar-refractivity contribution in [1.82, 2.24) is 9.88 Å². The molecule has 3 rings (SSSR count). The lowest BCUT2D eigenvalue weighted by molar-refractivity contribution is 0.0347. The lowest BCUT2D eigenvalue weighted by Gasteiger charge is -2.26. The number of hydrogen-bond donors (Lipinski definition) is 1. The fourth-order valence-electron chi connectivity index (χ4n) is 2.45. The molecule has 0 amide bonds. The van der Waals surface area contributed by atoms with Gasteiger partial charge in [-0.1, -0.05) is 23.5 Å². The molecule has 1 aromatic carbocycles. The van der Waals surface area contributed by atoms with Gasteiger partial charge in [-0.3, -0.25) is 9.69 Å². The second-order valence-electron chi connectivity index (χ2n) is 4.93. The van der Waals surface area contributed by atoms with Crippen LogP contribution in [-0.4, -0.2) is 43.3 Å². The summed E-state index contributed by atoms with van der Waals surface area (Å²) in [7, 11) is 1.64. The monoisotopic (exact) mass is 306 g/mol. The Morgan fingerprint density at radius 2 is 2.19 bits per heavy atom. The average molecular weight is 306 g/mol. The Bertz CT molecular complexity index is 659. The van der Waals surface area contributed by atoms with Crippen LogP contribution in [0.5, 0.6) is 5.75 Å². The predicted molar refractivity (Wildman–Crippen MR) is 83.0 cm³/mol. The number of benzene rings is 1. The maximum atomic E-state index is 11.8. The second kappa shape index (κ2) is 6.43. The van der Waals surface area contributed by atoms with E-state index in [0.29, 0.717) is 0 Å². The van der Waals surface area contributed by atoms with Gasteiger partial charge in [0.15, 0.2) is 0 Å². The molecule has 1 aliphatic heterocycles. The molecule has 1 aromatic heterocycles. The summed E-state index contributed by atoms with van der Waals surface area (Å²) in [5, 5.41) is 0. The zero-order valence-electron chi connectivity index (χ0n) is 11.9. The highest BCUT2D eigenvalue weighted by atomic mass is 32.1. The first kappa shape index (κ1) is 14.3. The van der Waals surface area contributed by atoms with Crippen molar-refractivity contribution in [3.05, 3.63) is 38.8 Å². The molecule has 1 aliphatic rings. The second-order valence-corrected chi connectivity index (χ2v) is 6.00. The normalized spacial score (nSPS) is 16.0. The smallest absolute Gasteiger partial charge is 0.305 e. The molecule has 112 valence electrons. The molecular weight excluding hydrogens is 288 g/mol. The van der Waals surface area contributed by atoms with Crippen molar-refractivity contribution in [2.45, 2.75) is 6.54 Å². The molecule has 1 N–H and O–H groups in total. The van der Waals surface area contributed by atoms with Crippen LogP contribution in [0.15, 0.2) is 29.1 Å². The van der Waals surface area contributed by atoms with Gasteiger partial charge in [-0.25, -0.2) is 0 Å². The summed E-state index contributed by atoms with van der Waals surface area (Å²) in [6, 6.07) is 7.77. The van der Waals surface area contributed by atoms with Crippen LogP contribution in [0.25, 0.3) is 11.3 Å². The highest BCUT2D eigenvalue weighted by Gasteiger charge is 2.16. The van der Waals surface area contributed by atoms with Crippen LogP contribution < -0.4 is 9.61 Å². The number of rotatable bonds is 4. The number of ether oxygens (including phenoxy) is 2. The minimum Gasteiger partial charge on any atom is -0.497 e. The minimum atomic E-state index is -0.0175. The van der Waals surface area contributed by atoms with Crippen molar-refractivity contribution < 1.29 is 9.47 Å². The first-order valence-corrected chi connectivity index (χ1v) is 7.74. The molecule has 0 bridgehead atoms. The van der Waals surface area contributed by atoms with E-state index in [1.807, 2.05) is 24.3 Å². The Labute approximate surface area is 127 Å². The molecule has 2 heterocycles. The van der Waals surface area contributed by atoms with Crippen LogP contribution in [0.4, 0.5) is 0 Å². The quantitative estimate of drug-likeness (QED) is 0.938. The molecule has 0 aliphatic carbocycles. The summed E-state index contributed by atoms with van der Waals surface area (Å²) in [5.41, 5.74) is 1.88. The number of nitrogens with one attached hydrogen (secondary N) is 1. The van der Waals surface area contributed by atoms with Crippen molar-refractivity contribution >= 4 is 11.3 Å². The van der Waals surface area contributed by atoms with Gasteiger partial charge in [0.25, 0.3) is 0 Å². The molecule has 0 radical (unpaired) electrons. The van der Waals surface area contributed by atoms with Crippen molar-refractivity contribution in [1.29, 1.82) is 0 Å². The Morgan fingerprint density at radius 3 is 2.95 bits per heavy atom. The average Bonchev–Trinajstić information content (AvgIpc) is 2.89. The SMILES string of the molecule is COc1cccc(-c2[nH]c(=O)sc2CN2CCOCC2)c1. The van der Waals surface area contributed by atoms with E-state index in [9.17, 15) is 4.79 Å². The number of H-pyrrole nitrogens is 1. The van der Waals surface area contributed by atoms with Gasteiger partial charge in [0.2, 0.25) is 0 Å². The molecule has 1 saturated heterocycles. The predicted octanol–water partition coefficient (Wildman–Crippen LogP) is 1.94. The number of morpholine rings is 1. The maximum Gasteiger partial charge on any atom is 0.305 e. The number of aromatic amines is 1. The van der Waals surface area contributed by atoms with Crippen LogP contribution >= 0.6 is 11.3 Å². The third kappa shape index (κ3) is 3.34. The first-order valence-electron chi connectivity index (χ1n) is 6.93. The van der Waals surface area contributed by atoms with Crippen molar-refractivity contribution in [3.8, 4) is 17.0 Å². The lowest BCUT2D eigenvalue weighted by Crippen LogP contribution is -2.35. The third-order valence-electron chi connectivity index (χ3n) is 3.55. The van der Waals surface area contributed by atoms with E-state index in [2.05, 4.69) is 9.88 Å². The van der Waals surface area contributed by atoms with E-state index in [-0.39, 0.29) is 4.87 Å². The van der Waals surface area contributed by atoms with Crippen LogP contribution in [-0.2, 0) is 11.3 Å². The largest absolute Gasteiger partial charge is 0.497 e. The van der Waals surface area contributed by atoms with Gasteiger partial charge in [-0.15, -0.1) is 0 Å². The zero-order chi connectivity index (χ0) is 14.7. The standard InChI is InChI=1S/C15H18N2O3S/c1-19-12-4-2-3-11(9-12)14-13(21-15(18)16-14)10-17-5-7-20-8-6-17/h2-4,9H,5-8,10H2,1H3,(H,16,18). The molecule has 1 fully saturated rings. The molecule has 0 saturated carbocycles. The Balaban J connectivity index is 1.89. The number of aromatic nitrogens is 1. The molecular formula is C15H18N2O3S. The van der Waals surface area contributed by atoms with Gasteiger partial charge < -0.3 is 14.5 Å². The number of nitrogens with zero attached hydrogens (tertiary/aromatic N) is 1. The summed E-state index contributed by atoms with van der Waals surface area (Å²) in [6.45, 7) is 4.11. The fourth-order valence-corrected chi connectivity index (χ4v) is 3.34. The van der Waals surface area contributed by atoms with Gasteiger partial charge in [-0.05, 0) is 12.1 Å². The summed E-state index contributed by atoms with van der Waals surface area (Å²) in [4.78, 5) is 18.1. The molecule has 5 nitrogen and oxygen atoms in total. The number of methoxy groups -OCH3 is 1. The van der Waals surface area contributed by atoms with Crippen molar-refractivity contribution in [2.24, 2.45) is 0 Å². The summed E-state index contributed by atoms with van der Waals surface area (Å²) in [6.07, 6.45) is 0. The van der Waals surface area contributed by atoms with Gasteiger partial charge in [-0.2, -0.15) is 0 Å². The van der Waals surface area contributed by atoms with E-state index in [0.717, 1.165) is 54.7 Å². The van der Waals surface area contributed by atoms with Gasteiger partial charge in [0.1, 0.15) is 5.75 Å². The van der Waals surface area contributed by atoms with Crippen molar-refractivity contribution in [3.63, 3.8) is 0 Å². The highest BCUT2D eigenvalue weighted by Crippen LogP contribution is 2.27. The zero-order valence-corrected chi connectivity index (χ0v) is 12.7. The highest BCUT2D eigenvalue weighted by molar-refractivity contribution is 7.09. The minimum absolute atomic E-state index is 0.0175. The Morgan fingerprint density at radius 1 is 1.38 bits per heavy atom. The van der Waals surface area contributed by atoms with Crippen LogP contribution in [0.3, 0.4) is 0 Å². The number of hydrogen-bond acceptors (Lipinski definition) is 5. The molecule has 2 aromatic rings. The summed E-state index contributed by atoms with van der Waals surface area (Å²) >= 11 is 1.28. The Kier molecular flexibility index (Phi) is 4.38. The van der Waals surface area contributed by atoms with E-state index < -0.39 is 0 Å². The summed E-state index contributed by atoms with van der Waals surface area (Å²) < 4.78 is 10.6. The van der Waals surface area contributed by atoms with E-state index in [4.69, 9.17) is 9.47 Å². The van der Waals surface area contributed by atoms with Crippen LogP contribution in [0.1, 0.15) is 4.88 Å². The van der Waals surface area contributed by atoms with E-state index >= 15 is 0 Å². The summed E-state index contributed by atoms with van der Waals surface area (Å²) in [5.74, 6) is 0.789. The van der Waals surface area contributed by atoms with Crippen LogP contribution in [0.2, 0.25) is 0 Å². The van der Waals surface area contributed by atoms with Gasteiger partial charge >= 0.3 is 4.87 Å². The Hall–Kier alpha value is -1.63. The third-order valence-corrected chi connectivity index (χ3v) is 4.42. The van der Waals surface area contributed by atoms with E-state index in [1.54, 1.807) is 7.11 Å². The van der Waals surface area contributed by atoms with E-state index in [1.165, 1.54) is 11.3 Å². The van der Waals surface area contributed by atoms with Crippen molar-refractivity contribution in [2.75, 3.05) is 33.4 Å². The molecule has 0 spiro atoms. The first-order chi connectivity index (χ1) is 10.3.